The van der Waals surface area contributed by atoms with Crippen LogP contribution in [0.5, 0.6) is 0 Å². The van der Waals surface area contributed by atoms with Gasteiger partial charge in [-0.2, -0.15) is 0 Å². The van der Waals surface area contributed by atoms with Crippen molar-refractivity contribution in [1.82, 2.24) is 9.71 Å². The highest BCUT2D eigenvalue weighted by atomic mass is 79.9. The first-order valence-corrected chi connectivity index (χ1v) is 8.23. The molecule has 0 radical (unpaired) electrons. The van der Waals surface area contributed by atoms with E-state index in [9.17, 15) is 8.42 Å². The van der Waals surface area contributed by atoms with Gasteiger partial charge in [0.2, 0.25) is 10.0 Å². The van der Waals surface area contributed by atoms with E-state index in [4.69, 9.17) is 0 Å². The number of sulfonamides is 1. The maximum Gasteiger partial charge on any atom is 0.250 e. The molecule has 0 aliphatic carbocycles. The third-order valence-electron chi connectivity index (χ3n) is 1.74. The minimum absolute atomic E-state index is 0.224. The van der Waals surface area contributed by atoms with Crippen LogP contribution in [0.15, 0.2) is 31.0 Å². The largest absolute Gasteiger partial charge is 0.250 e. The van der Waals surface area contributed by atoms with Gasteiger partial charge >= 0.3 is 0 Å². The molecule has 1 N–H and O–H groups in total. The zero-order valence-corrected chi connectivity index (χ0v) is 11.9. The van der Waals surface area contributed by atoms with Crippen molar-refractivity contribution in [3.63, 3.8) is 0 Å². The van der Waals surface area contributed by atoms with E-state index in [1.54, 1.807) is 17.6 Å². The van der Waals surface area contributed by atoms with Crippen LogP contribution in [0.3, 0.4) is 0 Å². The van der Waals surface area contributed by atoms with Gasteiger partial charge in [0.25, 0.3) is 0 Å². The Kier molecular flexibility index (Phi) is 3.75. The molecule has 0 saturated heterocycles. The fourth-order valence-electron chi connectivity index (χ4n) is 1.01. The number of hydrogen-bond acceptors (Lipinski definition) is 5. The summed E-state index contributed by atoms with van der Waals surface area (Å²) in [7, 11) is -3.41. The van der Waals surface area contributed by atoms with Crippen molar-refractivity contribution in [2.75, 3.05) is 0 Å². The van der Waals surface area contributed by atoms with Crippen LogP contribution in [0.4, 0.5) is 0 Å². The lowest BCUT2D eigenvalue weighted by molar-refractivity contribution is 0.583. The van der Waals surface area contributed by atoms with E-state index in [1.165, 1.54) is 22.7 Å². The molecule has 0 amide bonds. The average Bonchev–Trinajstić information content (AvgIpc) is 2.85. The molecule has 4 nitrogen and oxygen atoms in total. The number of nitrogens with one attached hydrogen (secondary N) is 1. The zero-order chi connectivity index (χ0) is 11.6. The Morgan fingerprint density at radius 2 is 2.25 bits per heavy atom. The van der Waals surface area contributed by atoms with Crippen molar-refractivity contribution in [3.8, 4) is 0 Å². The van der Waals surface area contributed by atoms with Crippen LogP contribution in [0.2, 0.25) is 0 Å². The van der Waals surface area contributed by atoms with Gasteiger partial charge in [0, 0.05) is 5.38 Å². The van der Waals surface area contributed by atoms with Gasteiger partial charge in [-0.25, -0.2) is 18.1 Å². The Bertz CT molecular complexity index is 562. The van der Waals surface area contributed by atoms with E-state index < -0.39 is 10.0 Å². The molecule has 8 heteroatoms. The van der Waals surface area contributed by atoms with Crippen LogP contribution in [0.25, 0.3) is 0 Å². The predicted octanol–water partition coefficient (Wildman–Crippen LogP) is 2.45. The molecule has 0 aliphatic rings. The fourth-order valence-corrected chi connectivity index (χ4v) is 4.62. The van der Waals surface area contributed by atoms with E-state index in [-0.39, 0.29) is 6.54 Å². The molecule has 0 aliphatic heterocycles. The van der Waals surface area contributed by atoms with Gasteiger partial charge in [0.1, 0.15) is 4.21 Å². The van der Waals surface area contributed by atoms with Gasteiger partial charge in [-0.1, -0.05) is 0 Å². The van der Waals surface area contributed by atoms with Gasteiger partial charge in [-0.3, -0.25) is 0 Å². The Morgan fingerprint density at radius 1 is 1.44 bits per heavy atom. The van der Waals surface area contributed by atoms with Crippen molar-refractivity contribution in [1.29, 1.82) is 0 Å². The maximum atomic E-state index is 11.8. The van der Waals surface area contributed by atoms with Crippen molar-refractivity contribution in [2.24, 2.45) is 0 Å². The Labute approximate surface area is 110 Å². The van der Waals surface area contributed by atoms with Crippen molar-refractivity contribution in [2.45, 2.75) is 10.8 Å². The quantitative estimate of drug-likeness (QED) is 0.931. The Hall–Kier alpha value is -0.280. The molecule has 0 atom stereocenters. The van der Waals surface area contributed by atoms with E-state index in [2.05, 4.69) is 25.6 Å². The topological polar surface area (TPSA) is 59.1 Å². The van der Waals surface area contributed by atoms with Crippen LogP contribution < -0.4 is 4.72 Å². The van der Waals surface area contributed by atoms with Gasteiger partial charge in [-0.15, -0.1) is 22.7 Å². The SMILES string of the molecule is O=S(=O)(NCc1cscn1)c1ccc(Br)s1. The molecule has 0 spiro atoms. The second-order valence-electron chi connectivity index (χ2n) is 2.86. The maximum absolute atomic E-state index is 11.8. The molecule has 2 rings (SSSR count). The summed E-state index contributed by atoms with van der Waals surface area (Å²) < 4.78 is 27.2. The first-order valence-electron chi connectivity index (χ1n) is 4.20. The molecule has 0 fully saturated rings. The summed E-state index contributed by atoms with van der Waals surface area (Å²) in [5.74, 6) is 0. The summed E-state index contributed by atoms with van der Waals surface area (Å²) in [6.45, 7) is 0.224. The van der Waals surface area contributed by atoms with Gasteiger partial charge in [0.05, 0.1) is 21.5 Å². The highest BCUT2D eigenvalue weighted by molar-refractivity contribution is 9.11. The van der Waals surface area contributed by atoms with Gasteiger partial charge < -0.3 is 0 Å². The van der Waals surface area contributed by atoms with Gasteiger partial charge in [-0.05, 0) is 28.1 Å². The standard InChI is InChI=1S/C8H7BrN2O2S3/c9-7-1-2-8(15-7)16(12,13)11-3-6-4-14-5-10-6/h1-2,4-5,11H,3H2. The third kappa shape index (κ3) is 2.89. The lowest BCUT2D eigenvalue weighted by Gasteiger charge is -2.01. The molecule has 86 valence electrons. The minimum atomic E-state index is -3.41. The first-order chi connectivity index (χ1) is 7.58. The highest BCUT2D eigenvalue weighted by Gasteiger charge is 2.16. The van der Waals surface area contributed by atoms with Gasteiger partial charge in [0.15, 0.2) is 0 Å². The minimum Gasteiger partial charge on any atom is -0.248 e. The lowest BCUT2D eigenvalue weighted by Crippen LogP contribution is -2.22. The number of nitrogens with zero attached hydrogens (tertiary/aromatic N) is 1. The number of aromatic nitrogens is 1. The number of hydrogen-bond donors (Lipinski definition) is 1. The molecule has 16 heavy (non-hydrogen) atoms. The zero-order valence-electron chi connectivity index (χ0n) is 7.88. The molecule has 2 heterocycles. The summed E-state index contributed by atoms with van der Waals surface area (Å²) in [5.41, 5.74) is 2.40. The highest BCUT2D eigenvalue weighted by Crippen LogP contribution is 2.25. The van der Waals surface area contributed by atoms with Crippen molar-refractivity contribution in [3.05, 3.63) is 32.5 Å². The van der Waals surface area contributed by atoms with E-state index in [0.717, 1.165) is 9.48 Å². The fraction of sp³-hybridized carbons (Fsp3) is 0.125. The van der Waals surface area contributed by atoms with Crippen LogP contribution in [-0.4, -0.2) is 13.4 Å². The van der Waals surface area contributed by atoms with Crippen LogP contribution in [0.1, 0.15) is 5.69 Å². The summed E-state index contributed by atoms with van der Waals surface area (Å²) in [6.07, 6.45) is 0. The number of rotatable bonds is 4. The predicted molar refractivity (Wildman–Crippen MR) is 68.2 cm³/mol. The number of thiophene rings is 1. The molecule has 0 saturated carbocycles. The van der Waals surface area contributed by atoms with Crippen LogP contribution >= 0.6 is 38.6 Å². The summed E-state index contributed by atoms with van der Waals surface area (Å²) in [4.78, 5) is 4.00. The molecular formula is C8H7BrN2O2S3. The van der Waals surface area contributed by atoms with Crippen LogP contribution in [-0.2, 0) is 16.6 Å². The summed E-state index contributed by atoms with van der Waals surface area (Å²) in [6, 6.07) is 3.28. The first kappa shape index (κ1) is 12.2. The average molecular weight is 339 g/mol. The lowest BCUT2D eigenvalue weighted by atomic mass is 10.5. The number of halogens is 1. The second-order valence-corrected chi connectivity index (χ2v) is 8.04. The third-order valence-corrected chi connectivity index (χ3v) is 5.89. The Morgan fingerprint density at radius 3 is 2.81 bits per heavy atom. The Balaban J connectivity index is 2.09. The number of thiazole rings is 1. The molecular weight excluding hydrogens is 332 g/mol. The van der Waals surface area contributed by atoms with E-state index >= 15 is 0 Å². The summed E-state index contributed by atoms with van der Waals surface area (Å²) >= 11 is 5.85. The summed E-state index contributed by atoms with van der Waals surface area (Å²) in [5, 5.41) is 1.81. The molecule has 0 bridgehead atoms. The molecule has 2 aromatic rings. The second kappa shape index (κ2) is 4.92. The van der Waals surface area contributed by atoms with Crippen molar-refractivity contribution >= 4 is 48.6 Å². The van der Waals surface area contributed by atoms with Crippen LogP contribution in [0, 0.1) is 0 Å². The molecule has 2 aromatic heterocycles. The van der Waals surface area contributed by atoms with E-state index in [0.29, 0.717) is 4.21 Å². The van der Waals surface area contributed by atoms with Crippen molar-refractivity contribution < 1.29 is 8.42 Å². The smallest absolute Gasteiger partial charge is 0.248 e. The normalized spacial score (nSPS) is 11.8. The monoisotopic (exact) mass is 338 g/mol. The van der Waals surface area contributed by atoms with E-state index in [1.807, 2.05) is 5.38 Å². The molecule has 0 unspecified atom stereocenters. The molecule has 0 aromatic carbocycles.